The molecule has 1 amide bonds. The summed E-state index contributed by atoms with van der Waals surface area (Å²) in [5.41, 5.74) is 4.31. The monoisotopic (exact) mass is 412 g/mol. The summed E-state index contributed by atoms with van der Waals surface area (Å²) in [4.78, 5) is 23.4. The average molecular weight is 413 g/mol. The first kappa shape index (κ1) is 21.8. The van der Waals surface area contributed by atoms with Crippen LogP contribution in [0.15, 0.2) is 35.5 Å². The standard InChI is InChI=1S/C23H32N4OS/c1-16-9-17(2)13-27(12-16)14-21-7-5-20(6-8-21)11-24-22(28)15-29-23-25-18(3)10-19(4)26-23/h5-8,10,16-17H,9,11-15H2,1-4H3,(H,24,28). The van der Waals surface area contributed by atoms with Gasteiger partial charge in [0.1, 0.15) is 0 Å². The molecule has 1 fully saturated rings. The highest BCUT2D eigenvalue weighted by molar-refractivity contribution is 7.99. The molecule has 1 N–H and O–H groups in total. The van der Waals surface area contributed by atoms with Crippen molar-refractivity contribution in [2.24, 2.45) is 11.8 Å². The summed E-state index contributed by atoms with van der Waals surface area (Å²) in [6.45, 7) is 12.5. The molecular weight excluding hydrogens is 380 g/mol. The summed E-state index contributed by atoms with van der Waals surface area (Å²) in [6, 6.07) is 10.5. The third-order valence-electron chi connectivity index (χ3n) is 5.16. The molecule has 29 heavy (non-hydrogen) atoms. The molecule has 0 saturated carbocycles. The predicted molar refractivity (Wildman–Crippen MR) is 119 cm³/mol. The van der Waals surface area contributed by atoms with E-state index in [4.69, 9.17) is 0 Å². The fourth-order valence-electron chi connectivity index (χ4n) is 4.08. The zero-order valence-corrected chi connectivity index (χ0v) is 18.8. The van der Waals surface area contributed by atoms with Crippen LogP contribution < -0.4 is 5.32 Å². The molecule has 6 heteroatoms. The maximum Gasteiger partial charge on any atom is 0.230 e. The number of hydrogen-bond donors (Lipinski definition) is 1. The number of amides is 1. The highest BCUT2D eigenvalue weighted by Gasteiger charge is 2.21. The highest BCUT2D eigenvalue weighted by Crippen LogP contribution is 2.22. The minimum Gasteiger partial charge on any atom is -0.351 e. The van der Waals surface area contributed by atoms with Gasteiger partial charge >= 0.3 is 0 Å². The summed E-state index contributed by atoms with van der Waals surface area (Å²) < 4.78 is 0. The zero-order valence-electron chi connectivity index (χ0n) is 17.9. The fraction of sp³-hybridized carbons (Fsp3) is 0.522. The quantitative estimate of drug-likeness (QED) is 0.551. The number of nitrogens with zero attached hydrogens (tertiary/aromatic N) is 3. The van der Waals surface area contributed by atoms with E-state index in [1.165, 1.54) is 36.8 Å². The third-order valence-corrected chi connectivity index (χ3v) is 6.00. The van der Waals surface area contributed by atoms with Crippen molar-refractivity contribution in [2.75, 3.05) is 18.8 Å². The van der Waals surface area contributed by atoms with Gasteiger partial charge in [0, 0.05) is 37.6 Å². The maximum atomic E-state index is 12.2. The van der Waals surface area contributed by atoms with Crippen molar-refractivity contribution in [1.82, 2.24) is 20.2 Å². The molecule has 1 saturated heterocycles. The van der Waals surface area contributed by atoms with Crippen molar-refractivity contribution >= 4 is 17.7 Å². The van der Waals surface area contributed by atoms with Crippen LogP contribution in [0.5, 0.6) is 0 Å². The van der Waals surface area contributed by atoms with E-state index in [-0.39, 0.29) is 5.91 Å². The molecule has 0 aliphatic carbocycles. The second-order valence-electron chi connectivity index (χ2n) is 8.46. The Morgan fingerprint density at radius 3 is 2.28 bits per heavy atom. The summed E-state index contributed by atoms with van der Waals surface area (Å²) in [5, 5.41) is 3.64. The van der Waals surface area contributed by atoms with E-state index in [9.17, 15) is 4.79 Å². The van der Waals surface area contributed by atoms with Crippen molar-refractivity contribution in [3.63, 3.8) is 0 Å². The minimum atomic E-state index is -0.00173. The predicted octanol–water partition coefficient (Wildman–Crippen LogP) is 3.98. The van der Waals surface area contributed by atoms with Crippen LogP contribution in [-0.4, -0.2) is 39.6 Å². The molecule has 1 aromatic carbocycles. The molecule has 5 nitrogen and oxygen atoms in total. The van der Waals surface area contributed by atoms with Crippen molar-refractivity contribution in [1.29, 1.82) is 0 Å². The van der Waals surface area contributed by atoms with Crippen molar-refractivity contribution < 1.29 is 4.79 Å². The molecule has 2 unspecified atom stereocenters. The van der Waals surface area contributed by atoms with Crippen molar-refractivity contribution in [2.45, 2.75) is 52.4 Å². The lowest BCUT2D eigenvalue weighted by Crippen LogP contribution is -2.38. The number of nitrogens with one attached hydrogen (secondary N) is 1. The molecule has 0 spiro atoms. The van der Waals surface area contributed by atoms with Gasteiger partial charge in [0.25, 0.3) is 0 Å². The number of likely N-dealkylation sites (tertiary alicyclic amines) is 1. The first-order valence-electron chi connectivity index (χ1n) is 10.4. The Balaban J connectivity index is 1.43. The lowest BCUT2D eigenvalue weighted by molar-refractivity contribution is -0.118. The van der Waals surface area contributed by atoms with E-state index in [0.29, 0.717) is 17.5 Å². The number of hydrogen-bond acceptors (Lipinski definition) is 5. The summed E-state index contributed by atoms with van der Waals surface area (Å²) in [6.07, 6.45) is 1.34. The Labute approximate surface area is 178 Å². The topological polar surface area (TPSA) is 58.1 Å². The second-order valence-corrected chi connectivity index (χ2v) is 9.40. The van der Waals surface area contributed by atoms with Crippen molar-refractivity contribution in [3.8, 4) is 0 Å². The van der Waals surface area contributed by atoms with Gasteiger partial charge < -0.3 is 5.32 Å². The van der Waals surface area contributed by atoms with Crippen molar-refractivity contribution in [3.05, 3.63) is 52.8 Å². The minimum absolute atomic E-state index is 0.00173. The van der Waals surface area contributed by atoms with Crippen LogP contribution in [0.25, 0.3) is 0 Å². The Morgan fingerprint density at radius 2 is 1.66 bits per heavy atom. The Bertz CT molecular complexity index is 794. The van der Waals surface area contributed by atoms with E-state index >= 15 is 0 Å². The van der Waals surface area contributed by atoms with Crippen LogP contribution in [0, 0.1) is 25.7 Å². The van der Waals surface area contributed by atoms with Gasteiger partial charge in [0.2, 0.25) is 5.91 Å². The van der Waals surface area contributed by atoms with Crippen LogP contribution >= 0.6 is 11.8 Å². The normalized spacial score (nSPS) is 19.9. The number of benzene rings is 1. The lowest BCUT2D eigenvalue weighted by atomic mass is 9.91. The van der Waals surface area contributed by atoms with E-state index in [2.05, 4.69) is 58.3 Å². The van der Waals surface area contributed by atoms with Crippen LogP contribution in [-0.2, 0) is 17.9 Å². The van der Waals surface area contributed by atoms with Gasteiger partial charge in [-0.3, -0.25) is 9.69 Å². The van der Waals surface area contributed by atoms with E-state index in [1.54, 1.807) is 0 Å². The molecule has 1 aliphatic heterocycles. The van der Waals surface area contributed by atoms with Gasteiger partial charge in [-0.2, -0.15) is 0 Å². The van der Waals surface area contributed by atoms with Gasteiger partial charge in [0.15, 0.2) is 5.16 Å². The number of thioether (sulfide) groups is 1. The molecule has 0 bridgehead atoms. The molecule has 2 aromatic rings. The van der Waals surface area contributed by atoms with Gasteiger partial charge in [-0.25, -0.2) is 9.97 Å². The average Bonchev–Trinajstić information content (AvgIpc) is 2.64. The van der Waals surface area contributed by atoms with Gasteiger partial charge in [-0.05, 0) is 49.3 Å². The first-order chi connectivity index (χ1) is 13.9. The second kappa shape index (κ2) is 10.2. The number of carbonyl (C=O) groups is 1. The first-order valence-corrected chi connectivity index (χ1v) is 11.4. The van der Waals surface area contributed by atoms with E-state index in [0.717, 1.165) is 35.3 Å². The van der Waals surface area contributed by atoms with Gasteiger partial charge in [-0.15, -0.1) is 0 Å². The van der Waals surface area contributed by atoms with E-state index in [1.807, 2.05) is 19.9 Å². The lowest BCUT2D eigenvalue weighted by Gasteiger charge is -2.35. The molecule has 2 heterocycles. The number of aromatic nitrogens is 2. The maximum absolute atomic E-state index is 12.2. The summed E-state index contributed by atoms with van der Waals surface area (Å²) in [5.74, 6) is 1.88. The number of aryl methyl sites for hydroxylation is 2. The van der Waals surface area contributed by atoms with Crippen LogP contribution in [0.4, 0.5) is 0 Å². The summed E-state index contributed by atoms with van der Waals surface area (Å²) in [7, 11) is 0. The smallest absolute Gasteiger partial charge is 0.230 e. The van der Waals surface area contributed by atoms with E-state index < -0.39 is 0 Å². The fourth-order valence-corrected chi connectivity index (χ4v) is 4.86. The molecule has 1 aliphatic rings. The molecule has 1 aromatic heterocycles. The number of rotatable bonds is 7. The SMILES string of the molecule is Cc1cc(C)nc(SCC(=O)NCc2ccc(CN3CC(C)CC(C)C3)cc2)n1. The zero-order chi connectivity index (χ0) is 20.8. The molecule has 2 atom stereocenters. The summed E-state index contributed by atoms with van der Waals surface area (Å²) >= 11 is 1.37. The highest BCUT2D eigenvalue weighted by atomic mass is 32.2. The van der Waals surface area contributed by atoms with Crippen LogP contribution in [0.3, 0.4) is 0 Å². The van der Waals surface area contributed by atoms with Crippen LogP contribution in [0.2, 0.25) is 0 Å². The molecule has 3 rings (SSSR count). The number of carbonyl (C=O) groups excluding carboxylic acids is 1. The number of piperidine rings is 1. The molecule has 0 radical (unpaired) electrons. The molecular formula is C23H32N4OS. The largest absolute Gasteiger partial charge is 0.351 e. The molecule has 156 valence electrons. The van der Waals surface area contributed by atoms with Crippen LogP contribution in [0.1, 0.15) is 42.8 Å². The van der Waals surface area contributed by atoms with Gasteiger partial charge in [-0.1, -0.05) is 49.9 Å². The Morgan fingerprint density at radius 1 is 1.07 bits per heavy atom. The Kier molecular flexibility index (Phi) is 7.67. The Hall–Kier alpha value is -1.92. The van der Waals surface area contributed by atoms with Gasteiger partial charge in [0.05, 0.1) is 5.75 Å². The third kappa shape index (κ3) is 7.12.